The summed E-state index contributed by atoms with van der Waals surface area (Å²) in [6, 6.07) is 5.88. The molecule has 0 unspecified atom stereocenters. The van der Waals surface area contributed by atoms with Crippen LogP contribution >= 0.6 is 15.9 Å². The third-order valence-corrected chi connectivity index (χ3v) is 3.81. The maximum Gasteiger partial charge on any atom is 0.0585 e. The van der Waals surface area contributed by atoms with Crippen molar-refractivity contribution in [2.75, 3.05) is 17.6 Å². The second kappa shape index (κ2) is 5.09. The third kappa shape index (κ3) is 3.41. The van der Waals surface area contributed by atoms with Crippen LogP contribution in [0.2, 0.25) is 0 Å². The minimum absolute atomic E-state index is 0.259. The summed E-state index contributed by atoms with van der Waals surface area (Å²) in [4.78, 5) is 0. The van der Waals surface area contributed by atoms with Crippen LogP contribution < -0.4 is 11.1 Å². The van der Waals surface area contributed by atoms with Crippen molar-refractivity contribution in [3.05, 3.63) is 22.7 Å². The quantitative estimate of drug-likeness (QED) is 0.816. The molecule has 1 rings (SSSR count). The van der Waals surface area contributed by atoms with Crippen molar-refractivity contribution in [3.8, 4) is 0 Å². The molecule has 0 heterocycles. The van der Waals surface area contributed by atoms with Gasteiger partial charge in [-0.3, -0.25) is 0 Å². The second-order valence-electron chi connectivity index (χ2n) is 5.23. The fourth-order valence-corrected chi connectivity index (χ4v) is 1.57. The predicted molar refractivity (Wildman–Crippen MR) is 75.7 cm³/mol. The van der Waals surface area contributed by atoms with Crippen molar-refractivity contribution in [3.63, 3.8) is 0 Å². The summed E-state index contributed by atoms with van der Waals surface area (Å²) in [5, 5.41) is 3.42. The van der Waals surface area contributed by atoms with Crippen LogP contribution in [0.3, 0.4) is 0 Å². The first kappa shape index (κ1) is 13.4. The molecule has 3 N–H and O–H groups in total. The molecule has 0 spiro atoms. The van der Waals surface area contributed by atoms with E-state index >= 15 is 0 Å². The van der Waals surface area contributed by atoms with Crippen LogP contribution in [0.5, 0.6) is 0 Å². The van der Waals surface area contributed by atoms with E-state index in [0.717, 1.165) is 22.4 Å². The van der Waals surface area contributed by atoms with E-state index in [0.29, 0.717) is 5.92 Å². The molecule has 1 aromatic rings. The average Bonchev–Trinajstić information content (AvgIpc) is 2.19. The highest BCUT2D eigenvalue weighted by Gasteiger charge is 2.22. The zero-order valence-electron chi connectivity index (χ0n) is 10.5. The van der Waals surface area contributed by atoms with E-state index in [9.17, 15) is 0 Å². The number of hydrogen-bond acceptors (Lipinski definition) is 2. The van der Waals surface area contributed by atoms with Crippen LogP contribution in [0.25, 0.3) is 0 Å². The van der Waals surface area contributed by atoms with Gasteiger partial charge in [0.2, 0.25) is 0 Å². The van der Waals surface area contributed by atoms with Gasteiger partial charge in [0.25, 0.3) is 0 Å². The van der Waals surface area contributed by atoms with E-state index in [4.69, 9.17) is 5.73 Å². The SMILES string of the molecule is CC(C)C(C)(C)CNc1cc(Br)ccc1N. The van der Waals surface area contributed by atoms with Gasteiger partial charge in [0.05, 0.1) is 11.4 Å². The molecule has 0 aliphatic rings. The molecular formula is C13H21BrN2. The number of nitrogen functional groups attached to an aromatic ring is 1. The lowest BCUT2D eigenvalue weighted by Crippen LogP contribution is -2.28. The molecule has 0 saturated heterocycles. The number of nitrogens with one attached hydrogen (secondary N) is 1. The van der Waals surface area contributed by atoms with E-state index in [-0.39, 0.29) is 5.41 Å². The minimum Gasteiger partial charge on any atom is -0.397 e. The molecule has 0 bridgehead atoms. The van der Waals surface area contributed by atoms with E-state index in [1.165, 1.54) is 0 Å². The van der Waals surface area contributed by atoms with Gasteiger partial charge in [0, 0.05) is 11.0 Å². The largest absolute Gasteiger partial charge is 0.397 e. The summed E-state index contributed by atoms with van der Waals surface area (Å²) in [6.07, 6.45) is 0. The first-order chi connectivity index (χ1) is 7.33. The maximum atomic E-state index is 5.91. The van der Waals surface area contributed by atoms with Crippen molar-refractivity contribution in [2.24, 2.45) is 11.3 Å². The van der Waals surface area contributed by atoms with Gasteiger partial charge in [-0.1, -0.05) is 43.6 Å². The molecule has 2 nitrogen and oxygen atoms in total. The molecule has 0 aromatic heterocycles. The summed E-state index contributed by atoms with van der Waals surface area (Å²) < 4.78 is 1.05. The monoisotopic (exact) mass is 284 g/mol. The Morgan fingerprint density at radius 1 is 1.38 bits per heavy atom. The summed E-state index contributed by atoms with van der Waals surface area (Å²) in [5.41, 5.74) is 7.97. The van der Waals surface area contributed by atoms with E-state index in [1.807, 2.05) is 18.2 Å². The fourth-order valence-electron chi connectivity index (χ4n) is 1.21. The van der Waals surface area contributed by atoms with Gasteiger partial charge >= 0.3 is 0 Å². The van der Waals surface area contributed by atoms with Gasteiger partial charge in [-0.15, -0.1) is 0 Å². The molecule has 90 valence electrons. The van der Waals surface area contributed by atoms with Crippen LogP contribution in [0.1, 0.15) is 27.7 Å². The predicted octanol–water partition coefficient (Wildman–Crippen LogP) is 4.13. The van der Waals surface area contributed by atoms with Gasteiger partial charge < -0.3 is 11.1 Å². The van der Waals surface area contributed by atoms with Crippen LogP contribution in [0.4, 0.5) is 11.4 Å². The normalized spacial score (nSPS) is 11.9. The number of nitrogens with two attached hydrogens (primary N) is 1. The molecule has 0 fully saturated rings. The van der Waals surface area contributed by atoms with Gasteiger partial charge in [-0.2, -0.15) is 0 Å². The molecular weight excluding hydrogens is 264 g/mol. The summed E-state index contributed by atoms with van der Waals surface area (Å²) in [6.45, 7) is 9.93. The zero-order valence-corrected chi connectivity index (χ0v) is 12.1. The molecule has 0 atom stereocenters. The lowest BCUT2D eigenvalue weighted by atomic mass is 9.81. The Morgan fingerprint density at radius 2 is 2.00 bits per heavy atom. The summed E-state index contributed by atoms with van der Waals surface area (Å²) in [7, 11) is 0. The molecule has 0 aliphatic carbocycles. The van der Waals surface area contributed by atoms with Gasteiger partial charge in [0.15, 0.2) is 0 Å². The highest BCUT2D eigenvalue weighted by atomic mass is 79.9. The Balaban J connectivity index is 2.71. The van der Waals surface area contributed by atoms with Crippen molar-refractivity contribution in [2.45, 2.75) is 27.7 Å². The van der Waals surface area contributed by atoms with E-state index < -0.39 is 0 Å². The van der Waals surface area contributed by atoms with Gasteiger partial charge in [0.1, 0.15) is 0 Å². The van der Waals surface area contributed by atoms with Crippen molar-refractivity contribution in [1.82, 2.24) is 0 Å². The summed E-state index contributed by atoms with van der Waals surface area (Å²) >= 11 is 3.45. The first-order valence-corrected chi connectivity index (χ1v) is 6.41. The molecule has 1 aromatic carbocycles. The van der Waals surface area contributed by atoms with Crippen LogP contribution in [-0.2, 0) is 0 Å². The minimum atomic E-state index is 0.259. The maximum absolute atomic E-state index is 5.91. The van der Waals surface area contributed by atoms with Gasteiger partial charge in [-0.25, -0.2) is 0 Å². The molecule has 3 heteroatoms. The van der Waals surface area contributed by atoms with Crippen LogP contribution in [0.15, 0.2) is 22.7 Å². The number of hydrogen-bond donors (Lipinski definition) is 2. The van der Waals surface area contributed by atoms with E-state index in [1.54, 1.807) is 0 Å². The standard InChI is InChI=1S/C13H21BrN2/c1-9(2)13(3,4)8-16-12-7-10(14)5-6-11(12)15/h5-7,9,16H,8,15H2,1-4H3. The fraction of sp³-hybridized carbons (Fsp3) is 0.538. The third-order valence-electron chi connectivity index (χ3n) is 3.31. The molecule has 0 aliphatic heterocycles. The zero-order chi connectivity index (χ0) is 12.3. The van der Waals surface area contributed by atoms with Crippen molar-refractivity contribution < 1.29 is 0 Å². The lowest BCUT2D eigenvalue weighted by molar-refractivity contribution is 0.270. The summed E-state index contributed by atoms with van der Waals surface area (Å²) in [5.74, 6) is 0.633. The Morgan fingerprint density at radius 3 is 2.56 bits per heavy atom. The Kier molecular flexibility index (Phi) is 4.25. The Labute approximate surface area is 107 Å². The number of anilines is 2. The smallest absolute Gasteiger partial charge is 0.0585 e. The molecule has 0 amide bonds. The van der Waals surface area contributed by atoms with Crippen LogP contribution in [-0.4, -0.2) is 6.54 Å². The number of rotatable bonds is 4. The number of benzene rings is 1. The Hall–Kier alpha value is -0.700. The van der Waals surface area contributed by atoms with Crippen molar-refractivity contribution >= 4 is 27.3 Å². The topological polar surface area (TPSA) is 38.0 Å². The highest BCUT2D eigenvalue weighted by molar-refractivity contribution is 9.10. The average molecular weight is 285 g/mol. The van der Waals surface area contributed by atoms with Gasteiger partial charge in [-0.05, 0) is 29.5 Å². The van der Waals surface area contributed by atoms with Crippen LogP contribution in [0, 0.1) is 11.3 Å². The Bertz CT molecular complexity index is 359. The molecule has 16 heavy (non-hydrogen) atoms. The first-order valence-electron chi connectivity index (χ1n) is 5.62. The molecule has 0 radical (unpaired) electrons. The van der Waals surface area contributed by atoms with E-state index in [2.05, 4.69) is 48.9 Å². The number of halogens is 1. The highest BCUT2D eigenvalue weighted by Crippen LogP contribution is 2.29. The second-order valence-corrected chi connectivity index (χ2v) is 6.14. The van der Waals surface area contributed by atoms with Crippen molar-refractivity contribution in [1.29, 1.82) is 0 Å². The lowest BCUT2D eigenvalue weighted by Gasteiger charge is -2.30. The molecule has 0 saturated carbocycles.